The lowest BCUT2D eigenvalue weighted by molar-refractivity contribution is -0.136. The molecule has 23 heavy (non-hydrogen) atoms. The summed E-state index contributed by atoms with van der Waals surface area (Å²) < 4.78 is 0. The molecule has 1 N–H and O–H groups in total. The Morgan fingerprint density at radius 3 is 2.65 bits per heavy atom. The van der Waals surface area contributed by atoms with Crippen LogP contribution >= 0.6 is 0 Å². The minimum Gasteiger partial charge on any atom is -0.393 e. The van der Waals surface area contributed by atoms with Gasteiger partial charge in [0.05, 0.1) is 6.10 Å². The molecule has 0 radical (unpaired) electrons. The molecule has 0 bridgehead atoms. The summed E-state index contributed by atoms with van der Waals surface area (Å²) in [5.74, 6) is 2.00. The highest BCUT2D eigenvalue weighted by atomic mass is 16.3. The van der Waals surface area contributed by atoms with Gasteiger partial charge in [-0.25, -0.2) is 0 Å². The van der Waals surface area contributed by atoms with Gasteiger partial charge in [-0.15, -0.1) is 0 Å². The Morgan fingerprint density at radius 1 is 1.26 bits per heavy atom. The number of hydrogen-bond acceptors (Lipinski definition) is 2. The number of carbonyl (C=O) groups is 1. The molecule has 0 amide bonds. The Morgan fingerprint density at radius 2 is 2.00 bits per heavy atom. The van der Waals surface area contributed by atoms with E-state index in [1.54, 1.807) is 0 Å². The number of fused-ring (bicyclic) bond motifs is 3. The van der Waals surface area contributed by atoms with Gasteiger partial charge in [0.2, 0.25) is 0 Å². The summed E-state index contributed by atoms with van der Waals surface area (Å²) in [5, 5.41) is 11.1. The first kappa shape index (κ1) is 17.2. The van der Waals surface area contributed by atoms with Crippen LogP contribution in [-0.2, 0) is 4.79 Å². The van der Waals surface area contributed by atoms with Crippen LogP contribution < -0.4 is 0 Å². The summed E-state index contributed by atoms with van der Waals surface area (Å²) in [5.41, 5.74) is 1.67. The van der Waals surface area contributed by atoms with Crippen molar-refractivity contribution in [3.05, 3.63) is 11.6 Å². The zero-order chi connectivity index (χ0) is 16.8. The number of aliphatic hydroxyl groups excluding tert-OH is 1. The van der Waals surface area contributed by atoms with E-state index in [4.69, 9.17) is 0 Å². The SMILES string of the molecule is CCCC1C2CCC3=CC(=O)CCC3(C)C2C(O)CC1(C)CC. The summed E-state index contributed by atoms with van der Waals surface area (Å²) >= 11 is 0. The van der Waals surface area contributed by atoms with E-state index >= 15 is 0 Å². The third kappa shape index (κ3) is 2.62. The molecule has 3 rings (SSSR count). The number of ketones is 1. The van der Waals surface area contributed by atoms with Gasteiger partial charge in [0.15, 0.2) is 5.78 Å². The van der Waals surface area contributed by atoms with Gasteiger partial charge in [0, 0.05) is 6.42 Å². The fourth-order valence-corrected chi connectivity index (χ4v) is 6.40. The molecule has 0 aromatic carbocycles. The molecule has 6 atom stereocenters. The lowest BCUT2D eigenvalue weighted by Gasteiger charge is -2.60. The predicted molar refractivity (Wildman–Crippen MR) is 94.1 cm³/mol. The van der Waals surface area contributed by atoms with Crippen molar-refractivity contribution in [2.45, 2.75) is 85.2 Å². The van der Waals surface area contributed by atoms with E-state index in [1.165, 1.54) is 18.4 Å². The first-order valence-corrected chi connectivity index (χ1v) is 9.77. The highest BCUT2D eigenvalue weighted by molar-refractivity contribution is 5.91. The third-order valence-electron chi connectivity index (χ3n) is 7.81. The van der Waals surface area contributed by atoms with Crippen LogP contribution in [0.25, 0.3) is 0 Å². The lowest BCUT2D eigenvalue weighted by atomic mass is 9.45. The minimum atomic E-state index is -0.208. The number of allylic oxidation sites excluding steroid dienone is 2. The highest BCUT2D eigenvalue weighted by Gasteiger charge is 2.57. The van der Waals surface area contributed by atoms with Crippen molar-refractivity contribution >= 4 is 5.78 Å². The van der Waals surface area contributed by atoms with E-state index < -0.39 is 0 Å². The van der Waals surface area contributed by atoms with Gasteiger partial charge < -0.3 is 5.11 Å². The van der Waals surface area contributed by atoms with Crippen LogP contribution in [0.15, 0.2) is 11.6 Å². The van der Waals surface area contributed by atoms with E-state index in [1.807, 2.05) is 6.08 Å². The smallest absolute Gasteiger partial charge is 0.155 e. The van der Waals surface area contributed by atoms with Crippen LogP contribution in [0.4, 0.5) is 0 Å². The number of rotatable bonds is 3. The average molecular weight is 319 g/mol. The topological polar surface area (TPSA) is 37.3 Å². The van der Waals surface area contributed by atoms with Crippen LogP contribution in [0.5, 0.6) is 0 Å². The molecule has 3 aliphatic rings. The van der Waals surface area contributed by atoms with Gasteiger partial charge in [-0.05, 0) is 66.8 Å². The molecule has 0 saturated heterocycles. The standard InChI is InChI=1S/C21H34O2/c1-5-7-17-16-9-8-14-12-15(22)10-11-21(14,4)19(16)18(23)13-20(17,3)6-2/h12,16-19,23H,5-11,13H2,1-4H3. The molecular formula is C21H34O2. The molecule has 2 saturated carbocycles. The zero-order valence-corrected chi connectivity index (χ0v) is 15.4. The molecule has 3 aliphatic carbocycles. The Balaban J connectivity index is 1.99. The van der Waals surface area contributed by atoms with Crippen LogP contribution in [0.2, 0.25) is 0 Å². The largest absolute Gasteiger partial charge is 0.393 e. The predicted octanol–water partition coefficient (Wildman–Crippen LogP) is 4.91. The number of aliphatic hydroxyl groups is 1. The van der Waals surface area contributed by atoms with Crippen molar-refractivity contribution in [2.24, 2.45) is 28.6 Å². The van der Waals surface area contributed by atoms with E-state index in [0.717, 1.165) is 38.0 Å². The van der Waals surface area contributed by atoms with Crippen LogP contribution in [-0.4, -0.2) is 17.0 Å². The molecular weight excluding hydrogens is 284 g/mol. The summed E-state index contributed by atoms with van der Waals surface area (Å²) in [6.07, 6.45) is 10.2. The molecule has 0 aromatic rings. The summed E-state index contributed by atoms with van der Waals surface area (Å²) in [7, 11) is 0. The molecule has 2 fully saturated rings. The van der Waals surface area contributed by atoms with Crippen molar-refractivity contribution in [2.75, 3.05) is 0 Å². The van der Waals surface area contributed by atoms with Gasteiger partial charge in [0.1, 0.15) is 0 Å². The fourth-order valence-electron chi connectivity index (χ4n) is 6.40. The maximum Gasteiger partial charge on any atom is 0.155 e. The van der Waals surface area contributed by atoms with Gasteiger partial charge in [-0.2, -0.15) is 0 Å². The normalized spacial score (nSPS) is 46.8. The van der Waals surface area contributed by atoms with Crippen molar-refractivity contribution in [3.8, 4) is 0 Å². The second-order valence-corrected chi connectivity index (χ2v) is 8.96. The first-order chi connectivity index (χ1) is 10.9. The van der Waals surface area contributed by atoms with E-state index in [-0.39, 0.29) is 16.9 Å². The second-order valence-electron chi connectivity index (χ2n) is 8.96. The van der Waals surface area contributed by atoms with Gasteiger partial charge in [-0.1, -0.05) is 46.1 Å². The van der Waals surface area contributed by atoms with Crippen LogP contribution in [0.3, 0.4) is 0 Å². The molecule has 2 nitrogen and oxygen atoms in total. The molecule has 0 heterocycles. The number of carbonyl (C=O) groups excluding carboxylic acids is 1. The van der Waals surface area contributed by atoms with Crippen molar-refractivity contribution < 1.29 is 9.90 Å². The Hall–Kier alpha value is -0.630. The van der Waals surface area contributed by atoms with Crippen molar-refractivity contribution in [3.63, 3.8) is 0 Å². The maximum atomic E-state index is 11.9. The maximum absolute atomic E-state index is 11.9. The molecule has 6 unspecified atom stereocenters. The van der Waals surface area contributed by atoms with Gasteiger partial charge >= 0.3 is 0 Å². The Bertz CT molecular complexity index is 508. The first-order valence-electron chi connectivity index (χ1n) is 9.77. The molecule has 2 heteroatoms. The zero-order valence-electron chi connectivity index (χ0n) is 15.4. The van der Waals surface area contributed by atoms with Gasteiger partial charge in [0.25, 0.3) is 0 Å². The summed E-state index contributed by atoms with van der Waals surface area (Å²) in [6, 6.07) is 0. The minimum absolute atomic E-state index is 0.0529. The quantitative estimate of drug-likeness (QED) is 0.803. The van der Waals surface area contributed by atoms with E-state index in [2.05, 4.69) is 27.7 Å². The third-order valence-corrected chi connectivity index (χ3v) is 7.81. The summed E-state index contributed by atoms with van der Waals surface area (Å²) in [6.45, 7) is 9.34. The Labute approximate surface area is 141 Å². The second kappa shape index (κ2) is 6.02. The van der Waals surface area contributed by atoms with Gasteiger partial charge in [-0.3, -0.25) is 4.79 Å². The number of hydrogen-bond donors (Lipinski definition) is 1. The lowest BCUT2D eigenvalue weighted by Crippen LogP contribution is -2.56. The van der Waals surface area contributed by atoms with E-state index in [0.29, 0.717) is 24.0 Å². The molecule has 0 aromatic heterocycles. The summed E-state index contributed by atoms with van der Waals surface area (Å²) in [4.78, 5) is 11.9. The highest BCUT2D eigenvalue weighted by Crippen LogP contribution is 2.62. The molecule has 0 spiro atoms. The fraction of sp³-hybridized carbons (Fsp3) is 0.857. The van der Waals surface area contributed by atoms with E-state index in [9.17, 15) is 9.90 Å². The van der Waals surface area contributed by atoms with Crippen LogP contribution in [0, 0.1) is 28.6 Å². The Kier molecular flexibility index (Phi) is 4.50. The monoisotopic (exact) mass is 318 g/mol. The van der Waals surface area contributed by atoms with Crippen LogP contribution in [0.1, 0.15) is 79.1 Å². The average Bonchev–Trinajstić information content (AvgIpc) is 2.51. The van der Waals surface area contributed by atoms with Crippen molar-refractivity contribution in [1.29, 1.82) is 0 Å². The van der Waals surface area contributed by atoms with Crippen molar-refractivity contribution in [1.82, 2.24) is 0 Å². The molecule has 0 aliphatic heterocycles. The molecule has 130 valence electrons.